The van der Waals surface area contributed by atoms with E-state index in [9.17, 15) is 9.18 Å². The Morgan fingerprint density at radius 1 is 1.16 bits per heavy atom. The molecular weight excluding hydrogens is 433 g/mol. The lowest BCUT2D eigenvalue weighted by atomic mass is 10.1. The molecule has 2 aromatic heterocycles. The lowest BCUT2D eigenvalue weighted by molar-refractivity contribution is -0.114. The van der Waals surface area contributed by atoms with Crippen LogP contribution in [-0.2, 0) is 4.79 Å². The van der Waals surface area contributed by atoms with E-state index >= 15 is 0 Å². The van der Waals surface area contributed by atoms with Gasteiger partial charge in [-0.1, -0.05) is 6.07 Å². The Bertz CT molecular complexity index is 1320. The lowest BCUT2D eigenvalue weighted by Crippen LogP contribution is -2.35. The molecule has 154 valence electrons. The number of aryl methyl sites for hydroxylation is 1. The molecular formula is C22H16FN5OS2. The molecule has 3 aromatic rings. The smallest absolute Gasteiger partial charge is 0.283 e. The van der Waals surface area contributed by atoms with Crippen LogP contribution in [0.3, 0.4) is 0 Å². The fourth-order valence-corrected chi connectivity index (χ4v) is 5.25. The van der Waals surface area contributed by atoms with Gasteiger partial charge in [-0.25, -0.2) is 4.39 Å². The van der Waals surface area contributed by atoms with Crippen LogP contribution in [0.2, 0.25) is 0 Å². The summed E-state index contributed by atoms with van der Waals surface area (Å²) in [5.74, 6) is -0.756. The predicted molar refractivity (Wildman–Crippen MR) is 124 cm³/mol. The molecule has 4 heterocycles. The highest BCUT2D eigenvalue weighted by atomic mass is 32.2. The summed E-state index contributed by atoms with van der Waals surface area (Å²) < 4.78 is 15.3. The van der Waals surface area contributed by atoms with Crippen molar-refractivity contribution in [1.29, 1.82) is 5.41 Å². The quantitative estimate of drug-likeness (QED) is 0.574. The van der Waals surface area contributed by atoms with Gasteiger partial charge in [-0.05, 0) is 79.0 Å². The van der Waals surface area contributed by atoms with E-state index in [2.05, 4.69) is 10.1 Å². The van der Waals surface area contributed by atoms with Gasteiger partial charge in [0.25, 0.3) is 5.91 Å². The Balaban J connectivity index is 1.52. The first-order valence-corrected chi connectivity index (χ1v) is 11.1. The average molecular weight is 450 g/mol. The highest BCUT2D eigenvalue weighted by molar-refractivity contribution is 8.27. The van der Waals surface area contributed by atoms with Crippen molar-refractivity contribution < 1.29 is 9.18 Å². The number of halogens is 1. The number of benzene rings is 1. The number of hydrogen-bond acceptors (Lipinski definition) is 5. The summed E-state index contributed by atoms with van der Waals surface area (Å²) in [6.45, 7) is 3.87. The molecule has 31 heavy (non-hydrogen) atoms. The van der Waals surface area contributed by atoms with E-state index in [4.69, 9.17) is 5.41 Å². The summed E-state index contributed by atoms with van der Waals surface area (Å²) in [7, 11) is 0. The van der Waals surface area contributed by atoms with Crippen molar-refractivity contribution in [2.45, 2.75) is 13.8 Å². The minimum Gasteiger partial charge on any atom is -0.318 e. The van der Waals surface area contributed by atoms with E-state index in [-0.39, 0.29) is 17.2 Å². The molecule has 5 rings (SSSR count). The van der Waals surface area contributed by atoms with Gasteiger partial charge in [0.15, 0.2) is 5.84 Å². The fraction of sp³-hybridized carbons (Fsp3) is 0.0909. The number of amides is 1. The van der Waals surface area contributed by atoms with Crippen molar-refractivity contribution in [3.8, 4) is 5.69 Å². The van der Waals surface area contributed by atoms with Crippen molar-refractivity contribution in [1.82, 2.24) is 9.58 Å². The summed E-state index contributed by atoms with van der Waals surface area (Å²) in [6.07, 6.45) is 1.68. The van der Waals surface area contributed by atoms with Crippen LogP contribution in [-0.4, -0.2) is 31.5 Å². The number of amidine groups is 2. The van der Waals surface area contributed by atoms with Gasteiger partial charge in [-0.3, -0.25) is 10.2 Å². The minimum absolute atomic E-state index is 0.000594. The molecule has 2 aliphatic rings. The number of fused-ring (bicyclic) bond motifs is 1. The molecule has 0 fully saturated rings. The second kappa shape index (κ2) is 7.44. The number of nitrogens with one attached hydrogen (secondary N) is 1. The topological polar surface area (TPSA) is 73.8 Å². The lowest BCUT2D eigenvalue weighted by Gasteiger charge is -2.20. The van der Waals surface area contributed by atoms with Gasteiger partial charge in [0.05, 0.1) is 10.5 Å². The third kappa shape index (κ3) is 3.35. The standard InChI is InChI=1S/C22H16FN5OS2/c1-12-10-14(13(2)27(12)16-7-5-15(23)6-8-16)11-17-19(24)28-22(25-20(17)29)31-21(26-28)18-4-3-9-30-18/h3-11,24H,1-2H3. The molecule has 2 aliphatic heterocycles. The summed E-state index contributed by atoms with van der Waals surface area (Å²) >= 11 is 2.84. The Kier molecular flexibility index (Phi) is 4.71. The number of rotatable bonds is 3. The van der Waals surface area contributed by atoms with Gasteiger partial charge in [0.2, 0.25) is 5.17 Å². The van der Waals surface area contributed by atoms with Gasteiger partial charge >= 0.3 is 0 Å². The monoisotopic (exact) mass is 449 g/mol. The molecule has 0 radical (unpaired) electrons. The third-order valence-corrected chi connectivity index (χ3v) is 6.99. The number of carbonyl (C=O) groups is 1. The van der Waals surface area contributed by atoms with Crippen LogP contribution in [0.25, 0.3) is 11.8 Å². The van der Waals surface area contributed by atoms with E-state index < -0.39 is 5.91 Å². The number of hydrogen-bond donors (Lipinski definition) is 1. The second-order valence-electron chi connectivity index (χ2n) is 7.04. The van der Waals surface area contributed by atoms with Crippen LogP contribution in [0.5, 0.6) is 0 Å². The molecule has 1 aromatic carbocycles. The van der Waals surface area contributed by atoms with Crippen LogP contribution in [0.1, 0.15) is 21.8 Å². The Hall–Kier alpha value is -3.30. The maximum Gasteiger partial charge on any atom is 0.283 e. The summed E-state index contributed by atoms with van der Waals surface area (Å²) in [5, 5.41) is 17.6. The van der Waals surface area contributed by atoms with E-state index in [1.165, 1.54) is 28.9 Å². The molecule has 0 bridgehead atoms. The van der Waals surface area contributed by atoms with Crippen molar-refractivity contribution in [2.75, 3.05) is 0 Å². The summed E-state index contributed by atoms with van der Waals surface area (Å²) in [5.41, 5.74) is 3.62. The Morgan fingerprint density at radius 2 is 1.94 bits per heavy atom. The second-order valence-corrected chi connectivity index (χ2v) is 8.94. The molecule has 0 aliphatic carbocycles. The van der Waals surface area contributed by atoms with Crippen molar-refractivity contribution in [2.24, 2.45) is 10.1 Å². The number of hydrazone groups is 1. The van der Waals surface area contributed by atoms with Gasteiger partial charge < -0.3 is 4.57 Å². The van der Waals surface area contributed by atoms with Crippen molar-refractivity contribution in [3.05, 3.63) is 81.1 Å². The zero-order chi connectivity index (χ0) is 21.7. The third-order valence-electron chi connectivity index (χ3n) is 5.04. The Labute approximate surface area is 185 Å². The van der Waals surface area contributed by atoms with Gasteiger partial charge in [0, 0.05) is 17.1 Å². The first-order valence-electron chi connectivity index (χ1n) is 9.41. The molecule has 1 amide bonds. The highest BCUT2D eigenvalue weighted by Crippen LogP contribution is 2.33. The molecule has 6 nitrogen and oxygen atoms in total. The zero-order valence-corrected chi connectivity index (χ0v) is 18.2. The molecule has 0 atom stereocenters. The van der Waals surface area contributed by atoms with E-state index in [0.29, 0.717) is 5.17 Å². The van der Waals surface area contributed by atoms with Crippen molar-refractivity contribution >= 4 is 51.1 Å². The van der Waals surface area contributed by atoms with Crippen LogP contribution >= 0.6 is 23.1 Å². The fourth-order valence-electron chi connectivity index (χ4n) is 3.57. The Morgan fingerprint density at radius 3 is 2.65 bits per heavy atom. The van der Waals surface area contributed by atoms with E-state index in [1.54, 1.807) is 29.5 Å². The SMILES string of the molecule is Cc1cc(C=C2C(=N)N3N=C(c4cccs4)SC3=NC2=O)c(C)n1-c1ccc(F)cc1. The van der Waals surface area contributed by atoms with Crippen LogP contribution in [0.15, 0.2) is 63.5 Å². The van der Waals surface area contributed by atoms with E-state index in [1.807, 2.05) is 42.0 Å². The van der Waals surface area contributed by atoms with Gasteiger partial charge in [0.1, 0.15) is 10.9 Å². The molecule has 0 spiro atoms. The number of thioether (sulfide) groups is 1. The maximum absolute atomic E-state index is 13.3. The maximum atomic E-state index is 13.3. The number of carbonyl (C=O) groups excluding carboxylic acids is 1. The summed E-state index contributed by atoms with van der Waals surface area (Å²) in [4.78, 5) is 17.8. The van der Waals surface area contributed by atoms with Crippen molar-refractivity contribution in [3.63, 3.8) is 0 Å². The van der Waals surface area contributed by atoms with Crippen LogP contribution in [0, 0.1) is 25.1 Å². The number of aliphatic imine (C=N–C) groups is 1. The number of thiophene rings is 1. The number of nitrogens with zero attached hydrogens (tertiary/aromatic N) is 4. The van der Waals surface area contributed by atoms with Crippen LogP contribution < -0.4 is 0 Å². The average Bonchev–Trinajstić information content (AvgIpc) is 3.46. The van der Waals surface area contributed by atoms with E-state index in [0.717, 1.165) is 32.6 Å². The molecule has 1 N–H and O–H groups in total. The molecule has 0 saturated heterocycles. The van der Waals surface area contributed by atoms with Gasteiger partial charge in [-0.15, -0.1) is 11.3 Å². The zero-order valence-electron chi connectivity index (χ0n) is 16.6. The number of aromatic nitrogens is 1. The molecule has 0 saturated carbocycles. The first kappa shape index (κ1) is 19.7. The van der Waals surface area contributed by atoms with Gasteiger partial charge in [-0.2, -0.15) is 15.1 Å². The predicted octanol–water partition coefficient (Wildman–Crippen LogP) is 4.96. The normalized spacial score (nSPS) is 17.3. The molecule has 9 heteroatoms. The minimum atomic E-state index is -0.460. The first-order chi connectivity index (χ1) is 14.9. The largest absolute Gasteiger partial charge is 0.318 e. The highest BCUT2D eigenvalue weighted by Gasteiger charge is 2.36. The summed E-state index contributed by atoms with van der Waals surface area (Å²) in [6, 6.07) is 12.1. The van der Waals surface area contributed by atoms with Crippen LogP contribution in [0.4, 0.5) is 4.39 Å². The molecule has 0 unspecified atom stereocenters.